The molecule has 0 bridgehead atoms. The normalized spacial score (nSPS) is 17.9. The molecule has 0 N–H and O–H groups in total. The molecule has 0 radical (unpaired) electrons. The number of halogens is 1. The zero-order valence-corrected chi connectivity index (χ0v) is 21.1. The van der Waals surface area contributed by atoms with Crippen LogP contribution in [0.3, 0.4) is 0 Å². The van der Waals surface area contributed by atoms with Gasteiger partial charge in [0.2, 0.25) is 15.9 Å². The molecule has 0 aliphatic carbocycles. The molecule has 1 atom stereocenters. The maximum atomic E-state index is 13.3. The molecule has 32 heavy (non-hydrogen) atoms. The zero-order valence-electron chi connectivity index (χ0n) is 19.5. The van der Waals surface area contributed by atoms with Gasteiger partial charge in [0, 0.05) is 31.2 Å². The summed E-state index contributed by atoms with van der Waals surface area (Å²) in [7, 11) is 0.0325. The summed E-state index contributed by atoms with van der Waals surface area (Å²) in [5, 5.41) is 0.453. The summed E-state index contributed by atoms with van der Waals surface area (Å²) in [6, 6.07) is 6.00. The van der Waals surface area contributed by atoms with Crippen molar-refractivity contribution < 1.29 is 22.7 Å². The average molecular weight is 488 g/mol. The molecule has 1 aliphatic heterocycles. The van der Waals surface area contributed by atoms with Crippen molar-refractivity contribution >= 4 is 33.5 Å². The summed E-state index contributed by atoms with van der Waals surface area (Å²) in [5.74, 6) is -1.23. The second kappa shape index (κ2) is 11.0. The summed E-state index contributed by atoms with van der Waals surface area (Å²) in [6.07, 6.45) is 1.13. The van der Waals surface area contributed by atoms with Gasteiger partial charge in [0.1, 0.15) is 12.1 Å². The lowest BCUT2D eigenvalue weighted by Gasteiger charge is -2.34. The number of hydrogen-bond acceptors (Lipinski definition) is 6. The number of ether oxygens (including phenoxy) is 1. The van der Waals surface area contributed by atoms with Gasteiger partial charge in [-0.15, -0.1) is 0 Å². The van der Waals surface area contributed by atoms with Crippen LogP contribution in [0.2, 0.25) is 5.02 Å². The number of likely N-dealkylation sites (N-methyl/N-ethyl adjacent to an activating group) is 1. The van der Waals surface area contributed by atoms with Gasteiger partial charge in [-0.05, 0) is 72.0 Å². The van der Waals surface area contributed by atoms with E-state index in [1.54, 1.807) is 20.8 Å². The fraction of sp³-hybridized carbons (Fsp3) is 0.636. The molecule has 2 rings (SSSR count). The third-order valence-electron chi connectivity index (χ3n) is 5.05. The molecule has 1 saturated heterocycles. The van der Waals surface area contributed by atoms with E-state index >= 15 is 0 Å². The maximum absolute atomic E-state index is 13.3. The van der Waals surface area contributed by atoms with E-state index in [-0.39, 0.29) is 23.9 Å². The Balaban J connectivity index is 2.15. The summed E-state index contributed by atoms with van der Waals surface area (Å²) >= 11 is 5.88. The Morgan fingerprint density at radius 2 is 1.78 bits per heavy atom. The number of nitrogens with zero attached hydrogens (tertiary/aromatic N) is 3. The molecule has 1 aliphatic rings. The lowest BCUT2D eigenvalue weighted by Crippen LogP contribution is -2.49. The predicted molar refractivity (Wildman–Crippen MR) is 124 cm³/mol. The molecule has 8 nitrogen and oxygen atoms in total. The Bertz CT molecular complexity index is 897. The van der Waals surface area contributed by atoms with Crippen molar-refractivity contribution in [2.75, 3.05) is 46.8 Å². The minimum atomic E-state index is -3.74. The monoisotopic (exact) mass is 487 g/mol. The molecule has 0 spiro atoms. The maximum Gasteiger partial charge on any atom is 0.326 e. The van der Waals surface area contributed by atoms with Gasteiger partial charge in [-0.3, -0.25) is 9.59 Å². The van der Waals surface area contributed by atoms with Gasteiger partial charge in [-0.2, -0.15) is 4.31 Å². The van der Waals surface area contributed by atoms with Crippen molar-refractivity contribution in [3.05, 3.63) is 29.3 Å². The Morgan fingerprint density at radius 1 is 1.16 bits per heavy atom. The number of amides is 1. The van der Waals surface area contributed by atoms with Crippen LogP contribution in [0.1, 0.15) is 33.6 Å². The summed E-state index contributed by atoms with van der Waals surface area (Å²) < 4.78 is 32.9. The molecule has 1 aromatic rings. The fourth-order valence-corrected chi connectivity index (χ4v) is 5.14. The number of rotatable bonds is 8. The van der Waals surface area contributed by atoms with Gasteiger partial charge in [0.15, 0.2) is 0 Å². The van der Waals surface area contributed by atoms with Crippen molar-refractivity contribution in [2.24, 2.45) is 5.92 Å². The van der Waals surface area contributed by atoms with E-state index in [2.05, 4.69) is 0 Å². The quantitative estimate of drug-likeness (QED) is 0.523. The second-order valence-corrected chi connectivity index (χ2v) is 11.7. The predicted octanol–water partition coefficient (Wildman–Crippen LogP) is 2.47. The van der Waals surface area contributed by atoms with Crippen LogP contribution in [0, 0.1) is 5.92 Å². The van der Waals surface area contributed by atoms with E-state index in [1.165, 1.54) is 33.5 Å². The topological polar surface area (TPSA) is 87.2 Å². The van der Waals surface area contributed by atoms with E-state index in [1.807, 2.05) is 19.0 Å². The highest BCUT2D eigenvalue weighted by Crippen LogP contribution is 2.26. The third kappa shape index (κ3) is 7.72. The van der Waals surface area contributed by atoms with Crippen LogP contribution >= 0.6 is 11.6 Å². The average Bonchev–Trinajstić information content (AvgIpc) is 2.69. The van der Waals surface area contributed by atoms with E-state index in [9.17, 15) is 18.0 Å². The van der Waals surface area contributed by atoms with Crippen LogP contribution in [0.25, 0.3) is 0 Å². The van der Waals surface area contributed by atoms with Gasteiger partial charge < -0.3 is 14.5 Å². The first kappa shape index (κ1) is 26.6. The van der Waals surface area contributed by atoms with Crippen LogP contribution in [-0.4, -0.2) is 86.8 Å². The Labute approximate surface area is 196 Å². The SMILES string of the molecule is CN(C)CCN(CC(=O)OC(C)(C)C)C(=O)C1CCCN(S(=O)(=O)c2ccc(Cl)cc2)C1. The van der Waals surface area contributed by atoms with E-state index in [0.717, 1.165) is 0 Å². The molecule has 1 fully saturated rings. The highest BCUT2D eigenvalue weighted by Gasteiger charge is 2.36. The van der Waals surface area contributed by atoms with Crippen molar-refractivity contribution in [3.63, 3.8) is 0 Å². The molecule has 180 valence electrons. The van der Waals surface area contributed by atoms with Gasteiger partial charge in [-0.25, -0.2) is 8.42 Å². The molecule has 1 amide bonds. The van der Waals surface area contributed by atoms with Crippen LogP contribution in [0.5, 0.6) is 0 Å². The molecule has 1 heterocycles. The number of carbonyl (C=O) groups excluding carboxylic acids is 2. The smallest absolute Gasteiger partial charge is 0.326 e. The largest absolute Gasteiger partial charge is 0.459 e. The van der Waals surface area contributed by atoms with Crippen LogP contribution in [0.15, 0.2) is 29.2 Å². The number of carbonyl (C=O) groups is 2. The molecule has 1 aromatic carbocycles. The van der Waals surface area contributed by atoms with Gasteiger partial charge in [-0.1, -0.05) is 11.6 Å². The number of hydrogen-bond donors (Lipinski definition) is 0. The Kier molecular flexibility index (Phi) is 9.10. The Hall–Kier alpha value is -1.68. The molecule has 0 saturated carbocycles. The van der Waals surface area contributed by atoms with E-state index < -0.39 is 27.5 Å². The van der Waals surface area contributed by atoms with Crippen molar-refractivity contribution in [3.8, 4) is 0 Å². The second-order valence-electron chi connectivity index (χ2n) is 9.31. The van der Waals surface area contributed by atoms with Crippen molar-refractivity contribution in [1.82, 2.24) is 14.1 Å². The molecule has 0 aromatic heterocycles. The van der Waals surface area contributed by atoms with E-state index in [4.69, 9.17) is 16.3 Å². The van der Waals surface area contributed by atoms with Gasteiger partial charge >= 0.3 is 5.97 Å². The van der Waals surface area contributed by atoms with Crippen LogP contribution in [0.4, 0.5) is 0 Å². The van der Waals surface area contributed by atoms with Gasteiger partial charge in [0.25, 0.3) is 0 Å². The fourth-order valence-electron chi connectivity index (χ4n) is 3.49. The first-order valence-corrected chi connectivity index (χ1v) is 12.5. The first-order valence-electron chi connectivity index (χ1n) is 10.7. The number of piperidine rings is 1. The van der Waals surface area contributed by atoms with Gasteiger partial charge in [0.05, 0.1) is 10.8 Å². The summed E-state index contributed by atoms with van der Waals surface area (Å²) in [6.45, 7) is 6.52. The van der Waals surface area contributed by atoms with Crippen molar-refractivity contribution in [1.29, 1.82) is 0 Å². The number of sulfonamides is 1. The number of esters is 1. The van der Waals surface area contributed by atoms with Crippen LogP contribution < -0.4 is 0 Å². The minimum Gasteiger partial charge on any atom is -0.459 e. The minimum absolute atomic E-state index is 0.0799. The standard InChI is InChI=1S/C22H34ClN3O5S/c1-22(2,3)31-20(27)16-25(14-13-24(4)5)21(28)17-7-6-12-26(15-17)32(29,30)19-10-8-18(23)9-11-19/h8-11,17H,6-7,12-16H2,1-5H3. The van der Waals surface area contributed by atoms with Crippen LogP contribution in [-0.2, 0) is 24.3 Å². The summed E-state index contributed by atoms with van der Waals surface area (Å²) in [5.41, 5.74) is -0.651. The van der Waals surface area contributed by atoms with Crippen molar-refractivity contribution in [2.45, 2.75) is 44.1 Å². The third-order valence-corrected chi connectivity index (χ3v) is 7.18. The zero-order chi connectivity index (χ0) is 24.1. The molecular weight excluding hydrogens is 454 g/mol. The lowest BCUT2D eigenvalue weighted by molar-refractivity contribution is -0.160. The highest BCUT2D eigenvalue weighted by molar-refractivity contribution is 7.89. The summed E-state index contributed by atoms with van der Waals surface area (Å²) in [4.78, 5) is 29.3. The molecule has 10 heteroatoms. The molecular formula is C22H34ClN3O5S. The number of benzene rings is 1. The lowest BCUT2D eigenvalue weighted by atomic mass is 9.98. The first-order chi connectivity index (χ1) is 14.8. The van der Waals surface area contributed by atoms with E-state index in [0.29, 0.717) is 37.5 Å². The highest BCUT2D eigenvalue weighted by atomic mass is 35.5. The Morgan fingerprint density at radius 3 is 2.34 bits per heavy atom. The molecule has 1 unspecified atom stereocenters.